The van der Waals surface area contributed by atoms with Crippen molar-refractivity contribution in [1.29, 1.82) is 0 Å². The number of rotatable bonds is 1. The van der Waals surface area contributed by atoms with Crippen LogP contribution in [0.4, 0.5) is 0 Å². The fourth-order valence-electron chi connectivity index (χ4n) is 1.42. The molecule has 4 nitrogen and oxygen atoms in total. The Kier molecular flexibility index (Phi) is 2.10. The minimum Gasteiger partial charge on any atom is -0.376 e. The number of carbonyl (C=O) groups excluding carboxylic acids is 1. The predicted molar refractivity (Wildman–Crippen MR) is 52.1 cm³/mol. The number of benzene rings is 1. The number of nitrogens with zero attached hydrogens (tertiary/aromatic N) is 1. The summed E-state index contributed by atoms with van der Waals surface area (Å²) in [6.07, 6.45) is 1.64. The van der Waals surface area contributed by atoms with Gasteiger partial charge in [0.2, 0.25) is 0 Å². The summed E-state index contributed by atoms with van der Waals surface area (Å²) in [6.45, 7) is 0.559. The zero-order valence-electron chi connectivity index (χ0n) is 7.36. The zero-order valence-corrected chi connectivity index (χ0v) is 7.36. The van der Waals surface area contributed by atoms with Crippen molar-refractivity contribution in [2.75, 3.05) is 0 Å². The average Bonchev–Trinajstić information content (AvgIpc) is 2.27. The highest BCUT2D eigenvalue weighted by Gasteiger charge is 2.14. The highest BCUT2D eigenvalue weighted by Crippen LogP contribution is 2.17. The summed E-state index contributed by atoms with van der Waals surface area (Å²) in [5.41, 5.74) is 2.33. The summed E-state index contributed by atoms with van der Waals surface area (Å²) < 4.78 is 0. The van der Waals surface area contributed by atoms with Gasteiger partial charge in [0.15, 0.2) is 0 Å². The lowest BCUT2D eigenvalue weighted by atomic mass is 10.0. The molecule has 0 radical (unpaired) electrons. The normalized spacial score (nSPS) is 13.6. The monoisotopic (exact) mass is 188 g/mol. The van der Waals surface area contributed by atoms with Crippen LogP contribution in [0, 0.1) is 4.91 Å². The Morgan fingerprint density at radius 3 is 2.93 bits per heavy atom. The summed E-state index contributed by atoms with van der Waals surface area (Å²) in [4.78, 5) is 21.0. The van der Waals surface area contributed by atoms with Crippen LogP contribution >= 0.6 is 0 Å². The molecule has 0 saturated heterocycles. The maximum absolute atomic E-state index is 11.0. The third-order valence-corrected chi connectivity index (χ3v) is 2.14. The van der Waals surface area contributed by atoms with Crippen LogP contribution in [0.3, 0.4) is 0 Å². The van der Waals surface area contributed by atoms with Gasteiger partial charge in [0, 0.05) is 11.7 Å². The van der Waals surface area contributed by atoms with Crippen molar-refractivity contribution < 1.29 is 4.79 Å². The van der Waals surface area contributed by atoms with Crippen LogP contribution in [-0.2, 0) is 11.3 Å². The van der Waals surface area contributed by atoms with Gasteiger partial charge in [0.05, 0.1) is 0 Å². The average molecular weight is 188 g/mol. The van der Waals surface area contributed by atoms with Gasteiger partial charge in [0.1, 0.15) is 5.70 Å². The first-order valence-corrected chi connectivity index (χ1v) is 4.22. The molecule has 0 spiro atoms. The first-order chi connectivity index (χ1) is 6.81. The smallest absolute Gasteiger partial charge is 0.332 e. The van der Waals surface area contributed by atoms with E-state index in [4.69, 9.17) is 0 Å². The van der Waals surface area contributed by atoms with Gasteiger partial charge in [-0.3, -0.25) is 4.79 Å². The van der Waals surface area contributed by atoms with Crippen molar-refractivity contribution in [2.24, 2.45) is 5.18 Å². The third-order valence-electron chi connectivity index (χ3n) is 2.14. The molecule has 4 heteroatoms. The largest absolute Gasteiger partial charge is 0.376 e. The third kappa shape index (κ3) is 1.42. The first-order valence-electron chi connectivity index (χ1n) is 4.22. The Morgan fingerprint density at radius 2 is 2.14 bits per heavy atom. The van der Waals surface area contributed by atoms with E-state index in [0.717, 1.165) is 11.1 Å². The van der Waals surface area contributed by atoms with Crippen LogP contribution in [0.15, 0.2) is 35.1 Å². The molecule has 1 heterocycles. The van der Waals surface area contributed by atoms with E-state index >= 15 is 0 Å². The molecule has 0 aromatic heterocycles. The molecule has 1 N–H and O–H groups in total. The topological polar surface area (TPSA) is 58.5 Å². The Morgan fingerprint density at radius 1 is 1.36 bits per heavy atom. The summed E-state index contributed by atoms with van der Waals surface area (Å²) >= 11 is 0. The number of hydrogen-bond donors (Lipinski definition) is 1. The quantitative estimate of drug-likeness (QED) is 0.678. The number of nitroso groups, excluding NO2 is 1. The number of nitrogens with one attached hydrogen (secondary N) is 1. The van der Waals surface area contributed by atoms with Crippen molar-refractivity contribution in [1.82, 2.24) is 5.32 Å². The molecule has 0 fully saturated rings. The summed E-state index contributed by atoms with van der Waals surface area (Å²) in [7, 11) is 0. The Labute approximate surface area is 80.6 Å². The van der Waals surface area contributed by atoms with Crippen LogP contribution in [-0.4, -0.2) is 5.91 Å². The van der Waals surface area contributed by atoms with Gasteiger partial charge in [-0.1, -0.05) is 24.3 Å². The summed E-state index contributed by atoms with van der Waals surface area (Å²) in [5.74, 6) is -0.750. The molecular formula is C10H8N2O2. The van der Waals surface area contributed by atoms with E-state index in [1.807, 2.05) is 24.3 Å². The van der Waals surface area contributed by atoms with Crippen LogP contribution in [0.1, 0.15) is 11.1 Å². The van der Waals surface area contributed by atoms with Crippen molar-refractivity contribution in [3.63, 3.8) is 0 Å². The van der Waals surface area contributed by atoms with Gasteiger partial charge >= 0.3 is 5.91 Å². The maximum atomic E-state index is 11.0. The molecule has 70 valence electrons. The van der Waals surface area contributed by atoms with E-state index in [9.17, 15) is 9.70 Å². The molecule has 1 amide bonds. The SMILES string of the molecule is O=NC(=O)C1=Cc2ccccc2CN1. The molecule has 0 unspecified atom stereocenters. The van der Waals surface area contributed by atoms with Crippen molar-refractivity contribution >= 4 is 12.0 Å². The molecule has 1 aliphatic rings. The molecule has 2 rings (SSSR count). The second kappa shape index (κ2) is 3.41. The Bertz CT molecular complexity index is 424. The second-order valence-corrected chi connectivity index (χ2v) is 3.01. The van der Waals surface area contributed by atoms with E-state index in [1.165, 1.54) is 0 Å². The number of amides is 1. The molecule has 1 aromatic rings. The minimum absolute atomic E-state index is 0.263. The standard InChI is InChI=1S/C10H8N2O2/c13-10(12-14)9-5-7-3-1-2-4-8(7)6-11-9/h1-5,11H,6H2. The van der Waals surface area contributed by atoms with Crippen LogP contribution in [0.2, 0.25) is 0 Å². The number of hydrogen-bond acceptors (Lipinski definition) is 3. The van der Waals surface area contributed by atoms with Gasteiger partial charge in [-0.2, -0.15) is 0 Å². The number of fused-ring (bicyclic) bond motifs is 1. The lowest BCUT2D eigenvalue weighted by Gasteiger charge is -2.15. The van der Waals surface area contributed by atoms with Crippen molar-refractivity contribution in [3.8, 4) is 0 Å². The van der Waals surface area contributed by atoms with Crippen LogP contribution in [0.5, 0.6) is 0 Å². The van der Waals surface area contributed by atoms with Crippen LogP contribution < -0.4 is 5.32 Å². The fraction of sp³-hybridized carbons (Fsp3) is 0.100. The highest BCUT2D eigenvalue weighted by atomic mass is 16.3. The number of carbonyl (C=O) groups is 1. The molecule has 0 bridgehead atoms. The van der Waals surface area contributed by atoms with E-state index in [0.29, 0.717) is 6.54 Å². The molecule has 0 atom stereocenters. The lowest BCUT2D eigenvalue weighted by Crippen LogP contribution is -2.22. The second-order valence-electron chi connectivity index (χ2n) is 3.01. The van der Waals surface area contributed by atoms with Gasteiger partial charge in [-0.05, 0) is 17.2 Å². The van der Waals surface area contributed by atoms with E-state index in [2.05, 4.69) is 10.5 Å². The molecule has 1 aliphatic heterocycles. The van der Waals surface area contributed by atoms with Gasteiger partial charge < -0.3 is 5.32 Å². The molecular weight excluding hydrogens is 180 g/mol. The highest BCUT2D eigenvalue weighted by molar-refractivity contribution is 5.98. The van der Waals surface area contributed by atoms with E-state index in [1.54, 1.807) is 6.08 Å². The first kappa shape index (κ1) is 8.62. The molecule has 14 heavy (non-hydrogen) atoms. The van der Waals surface area contributed by atoms with Crippen molar-refractivity contribution in [2.45, 2.75) is 6.54 Å². The maximum Gasteiger partial charge on any atom is 0.332 e. The molecule has 1 aromatic carbocycles. The van der Waals surface area contributed by atoms with Gasteiger partial charge in [-0.15, -0.1) is 4.91 Å². The van der Waals surface area contributed by atoms with E-state index < -0.39 is 5.91 Å². The predicted octanol–water partition coefficient (Wildman–Crippen LogP) is 1.42. The summed E-state index contributed by atoms with van der Waals surface area (Å²) in [6, 6.07) is 7.68. The molecule has 0 saturated carbocycles. The Hall–Kier alpha value is -1.97. The summed E-state index contributed by atoms with van der Waals surface area (Å²) in [5, 5.41) is 5.21. The zero-order chi connectivity index (χ0) is 9.97. The van der Waals surface area contributed by atoms with Crippen LogP contribution in [0.25, 0.3) is 6.08 Å². The Balaban J connectivity index is 2.40. The van der Waals surface area contributed by atoms with Gasteiger partial charge in [-0.25, -0.2) is 0 Å². The minimum atomic E-state index is -0.750. The lowest BCUT2D eigenvalue weighted by molar-refractivity contribution is -0.114. The van der Waals surface area contributed by atoms with Crippen molar-refractivity contribution in [3.05, 3.63) is 46.0 Å². The fourth-order valence-corrected chi connectivity index (χ4v) is 1.42. The van der Waals surface area contributed by atoms with Gasteiger partial charge in [0.25, 0.3) is 0 Å². The molecule has 0 aliphatic carbocycles. The van der Waals surface area contributed by atoms with E-state index in [-0.39, 0.29) is 5.70 Å².